The molecule has 18 heavy (non-hydrogen) atoms. The normalized spacial score (nSPS) is 18.5. The first-order valence-corrected chi connectivity index (χ1v) is 6.32. The fraction of sp³-hybridized carbons (Fsp3) is 0.385. The highest BCUT2D eigenvalue weighted by Crippen LogP contribution is 2.15. The molecule has 2 N–H and O–H groups in total. The summed E-state index contributed by atoms with van der Waals surface area (Å²) in [5.74, 6) is -0.0235. The van der Waals surface area contributed by atoms with Crippen LogP contribution in [0.15, 0.2) is 24.3 Å². The molecule has 1 fully saturated rings. The molecule has 1 saturated heterocycles. The monoisotopic (exact) mass is 266 g/mol. The Balaban J connectivity index is 1.79. The van der Waals surface area contributed by atoms with Crippen molar-refractivity contribution in [2.24, 2.45) is 0 Å². The van der Waals surface area contributed by atoms with E-state index in [1.807, 2.05) is 18.2 Å². The zero-order valence-electron chi connectivity index (χ0n) is 9.91. The molecular formula is C13H15ClN2O2. The van der Waals surface area contributed by atoms with Crippen molar-refractivity contribution in [2.45, 2.75) is 25.3 Å². The summed E-state index contributed by atoms with van der Waals surface area (Å²) in [5.41, 5.74) is 0.812. The molecule has 0 aromatic heterocycles. The van der Waals surface area contributed by atoms with Gasteiger partial charge in [-0.2, -0.15) is 0 Å². The van der Waals surface area contributed by atoms with Gasteiger partial charge in [0.05, 0.1) is 6.42 Å². The fourth-order valence-corrected chi connectivity index (χ4v) is 2.15. The van der Waals surface area contributed by atoms with E-state index in [4.69, 9.17) is 11.6 Å². The van der Waals surface area contributed by atoms with Crippen molar-refractivity contribution in [3.63, 3.8) is 0 Å². The van der Waals surface area contributed by atoms with E-state index in [1.165, 1.54) is 0 Å². The molecule has 0 spiro atoms. The maximum Gasteiger partial charge on any atom is 0.224 e. The van der Waals surface area contributed by atoms with Crippen molar-refractivity contribution in [2.75, 3.05) is 6.54 Å². The van der Waals surface area contributed by atoms with Crippen LogP contribution >= 0.6 is 11.6 Å². The molecule has 1 aliphatic rings. The van der Waals surface area contributed by atoms with Crippen molar-refractivity contribution in [3.8, 4) is 0 Å². The molecule has 1 aliphatic heterocycles. The molecule has 0 aliphatic carbocycles. The van der Waals surface area contributed by atoms with Crippen LogP contribution in [0.25, 0.3) is 0 Å². The van der Waals surface area contributed by atoms with Gasteiger partial charge in [0, 0.05) is 24.0 Å². The van der Waals surface area contributed by atoms with Gasteiger partial charge in [0.25, 0.3) is 0 Å². The average molecular weight is 267 g/mol. The first kappa shape index (κ1) is 12.9. The third-order valence-electron chi connectivity index (χ3n) is 2.94. The first-order valence-electron chi connectivity index (χ1n) is 5.94. The van der Waals surface area contributed by atoms with Gasteiger partial charge < -0.3 is 10.6 Å². The molecule has 4 nitrogen and oxygen atoms in total. The molecule has 1 atom stereocenters. The molecule has 0 radical (unpaired) electrons. The van der Waals surface area contributed by atoms with Crippen LogP contribution in [0.5, 0.6) is 0 Å². The molecular weight excluding hydrogens is 252 g/mol. The van der Waals surface area contributed by atoms with Gasteiger partial charge in [0.2, 0.25) is 11.8 Å². The van der Waals surface area contributed by atoms with Crippen LogP contribution in [0.2, 0.25) is 5.02 Å². The van der Waals surface area contributed by atoms with Crippen LogP contribution in [0.3, 0.4) is 0 Å². The van der Waals surface area contributed by atoms with Crippen LogP contribution in [-0.4, -0.2) is 24.4 Å². The molecule has 5 heteroatoms. The minimum absolute atomic E-state index is 0.0559. The molecule has 1 unspecified atom stereocenters. The lowest BCUT2D eigenvalue weighted by molar-refractivity contribution is -0.121. The van der Waals surface area contributed by atoms with Crippen LogP contribution in [0, 0.1) is 0 Å². The number of rotatable bonds is 4. The zero-order chi connectivity index (χ0) is 13.0. The lowest BCUT2D eigenvalue weighted by atomic mass is 10.1. The van der Waals surface area contributed by atoms with Crippen LogP contribution in [0.4, 0.5) is 0 Å². The smallest absolute Gasteiger partial charge is 0.224 e. The predicted octanol–water partition coefficient (Wildman–Crippen LogP) is 1.28. The number of carbonyl (C=O) groups excluding carboxylic acids is 2. The van der Waals surface area contributed by atoms with E-state index in [-0.39, 0.29) is 24.3 Å². The lowest BCUT2D eigenvalue weighted by Gasteiger charge is -2.11. The van der Waals surface area contributed by atoms with Crippen LogP contribution in [0.1, 0.15) is 18.4 Å². The van der Waals surface area contributed by atoms with Gasteiger partial charge in [-0.15, -0.1) is 0 Å². The Morgan fingerprint density at radius 2 is 2.22 bits per heavy atom. The van der Waals surface area contributed by atoms with Crippen molar-refractivity contribution < 1.29 is 9.59 Å². The van der Waals surface area contributed by atoms with Crippen molar-refractivity contribution in [1.29, 1.82) is 0 Å². The number of hydrogen-bond donors (Lipinski definition) is 2. The second kappa shape index (κ2) is 5.87. The van der Waals surface area contributed by atoms with Crippen LogP contribution < -0.4 is 10.6 Å². The van der Waals surface area contributed by atoms with Gasteiger partial charge in [0.1, 0.15) is 0 Å². The summed E-state index contributed by atoms with van der Waals surface area (Å²) in [4.78, 5) is 22.7. The largest absolute Gasteiger partial charge is 0.354 e. The topological polar surface area (TPSA) is 58.2 Å². The van der Waals surface area contributed by atoms with Gasteiger partial charge in [-0.25, -0.2) is 0 Å². The minimum atomic E-state index is -0.0794. The van der Waals surface area contributed by atoms with Gasteiger partial charge in [-0.1, -0.05) is 29.8 Å². The second-order valence-corrected chi connectivity index (χ2v) is 4.78. The Morgan fingerprint density at radius 1 is 1.44 bits per heavy atom. The third-order valence-corrected chi connectivity index (χ3v) is 3.31. The Bertz CT molecular complexity index is 462. The molecule has 0 saturated carbocycles. The number of benzene rings is 1. The van der Waals surface area contributed by atoms with E-state index in [0.717, 1.165) is 12.0 Å². The van der Waals surface area contributed by atoms with Crippen molar-refractivity contribution in [3.05, 3.63) is 34.9 Å². The van der Waals surface area contributed by atoms with Gasteiger partial charge >= 0.3 is 0 Å². The highest BCUT2D eigenvalue weighted by Gasteiger charge is 2.20. The maximum atomic E-state index is 11.7. The fourth-order valence-electron chi connectivity index (χ4n) is 1.94. The number of halogens is 1. The molecule has 1 aromatic rings. The SMILES string of the molecule is O=C(Cc1ccccc1Cl)NCC1CCC(=O)N1. The van der Waals surface area contributed by atoms with E-state index in [9.17, 15) is 9.59 Å². The summed E-state index contributed by atoms with van der Waals surface area (Å²) in [6, 6.07) is 7.34. The Kier molecular flexibility index (Phi) is 4.20. The van der Waals surface area contributed by atoms with Crippen molar-refractivity contribution >= 4 is 23.4 Å². The molecule has 2 rings (SSSR count). The lowest BCUT2D eigenvalue weighted by Crippen LogP contribution is -2.38. The summed E-state index contributed by atoms with van der Waals surface area (Å²) >= 11 is 5.98. The van der Waals surface area contributed by atoms with E-state index < -0.39 is 0 Å². The maximum absolute atomic E-state index is 11.7. The predicted molar refractivity (Wildman–Crippen MR) is 69.3 cm³/mol. The number of nitrogens with one attached hydrogen (secondary N) is 2. The Labute approximate surface area is 111 Å². The molecule has 0 bridgehead atoms. The van der Waals surface area contributed by atoms with Crippen molar-refractivity contribution in [1.82, 2.24) is 10.6 Å². The first-order chi connectivity index (χ1) is 8.65. The van der Waals surface area contributed by atoms with E-state index >= 15 is 0 Å². The standard InChI is InChI=1S/C13H15ClN2O2/c14-11-4-2-1-3-9(11)7-13(18)15-8-10-5-6-12(17)16-10/h1-4,10H,5-8H2,(H,15,18)(H,16,17). The number of amides is 2. The molecule has 1 heterocycles. The summed E-state index contributed by atoms with van der Waals surface area (Å²) in [5, 5.41) is 6.21. The summed E-state index contributed by atoms with van der Waals surface area (Å²) < 4.78 is 0. The molecule has 96 valence electrons. The van der Waals surface area contributed by atoms with Gasteiger partial charge in [-0.05, 0) is 18.1 Å². The Hall–Kier alpha value is -1.55. The zero-order valence-corrected chi connectivity index (χ0v) is 10.7. The molecule has 1 aromatic carbocycles. The highest BCUT2D eigenvalue weighted by atomic mass is 35.5. The summed E-state index contributed by atoms with van der Waals surface area (Å²) in [7, 11) is 0. The third kappa shape index (κ3) is 3.47. The Morgan fingerprint density at radius 3 is 2.89 bits per heavy atom. The summed E-state index contributed by atoms with van der Waals surface area (Å²) in [6.07, 6.45) is 1.59. The number of hydrogen-bond acceptors (Lipinski definition) is 2. The van der Waals surface area contributed by atoms with Gasteiger partial charge in [-0.3, -0.25) is 9.59 Å². The molecule has 2 amide bonds. The van der Waals surface area contributed by atoms with E-state index in [0.29, 0.717) is 18.0 Å². The minimum Gasteiger partial charge on any atom is -0.354 e. The van der Waals surface area contributed by atoms with Gasteiger partial charge in [0.15, 0.2) is 0 Å². The summed E-state index contributed by atoms with van der Waals surface area (Å²) in [6.45, 7) is 0.481. The highest BCUT2D eigenvalue weighted by molar-refractivity contribution is 6.31. The quantitative estimate of drug-likeness (QED) is 0.863. The average Bonchev–Trinajstić information content (AvgIpc) is 2.76. The number of carbonyl (C=O) groups is 2. The van der Waals surface area contributed by atoms with E-state index in [1.54, 1.807) is 6.07 Å². The second-order valence-electron chi connectivity index (χ2n) is 4.38. The van der Waals surface area contributed by atoms with E-state index in [2.05, 4.69) is 10.6 Å². The van der Waals surface area contributed by atoms with Crippen LogP contribution in [-0.2, 0) is 16.0 Å².